The topological polar surface area (TPSA) is 84.9 Å². The number of carbonyl (C=O) groups excluding carboxylic acids is 2. The number of phenolic OH excluding ortho intramolecular Hbond substituents is 1. The Morgan fingerprint density at radius 2 is 1.68 bits per heavy atom. The van der Waals surface area contributed by atoms with E-state index in [0.717, 1.165) is 10.9 Å². The maximum absolute atomic E-state index is 12.7. The Morgan fingerprint density at radius 1 is 1.00 bits per heavy atom. The normalized spacial score (nSPS) is 12.7. The third-order valence-corrected chi connectivity index (χ3v) is 5.24. The Labute approximate surface area is 186 Å². The minimum atomic E-state index is -0.621. The summed E-state index contributed by atoms with van der Waals surface area (Å²) in [5.74, 6) is -0.398. The van der Waals surface area contributed by atoms with Gasteiger partial charge in [0, 0.05) is 22.6 Å². The van der Waals surface area contributed by atoms with Gasteiger partial charge in [0.15, 0.2) is 0 Å². The lowest BCUT2D eigenvalue weighted by atomic mass is 9.90. The van der Waals surface area contributed by atoms with Crippen molar-refractivity contribution in [1.29, 1.82) is 0 Å². The first kappa shape index (κ1) is 22.5. The molecule has 0 bridgehead atoms. The molecule has 2 atom stereocenters. The summed E-state index contributed by atoms with van der Waals surface area (Å²) < 4.78 is 11.0. The molecule has 0 fully saturated rings. The lowest BCUT2D eigenvalue weighted by molar-refractivity contribution is -0.141. The number of thiol groups is 1. The molecular weight excluding hydrogens is 414 g/mol. The van der Waals surface area contributed by atoms with Gasteiger partial charge in [-0.2, -0.15) is 12.6 Å². The van der Waals surface area contributed by atoms with Crippen molar-refractivity contribution >= 4 is 41.2 Å². The molecule has 7 heteroatoms. The zero-order valence-corrected chi connectivity index (χ0v) is 18.0. The van der Waals surface area contributed by atoms with Crippen molar-refractivity contribution in [2.24, 2.45) is 5.92 Å². The van der Waals surface area contributed by atoms with E-state index in [1.807, 2.05) is 49.4 Å². The summed E-state index contributed by atoms with van der Waals surface area (Å²) in [6.45, 7) is 2.12. The first-order chi connectivity index (χ1) is 15.0. The van der Waals surface area contributed by atoms with Gasteiger partial charge in [-0.1, -0.05) is 55.5 Å². The minimum absolute atomic E-state index is 0.0103. The number of para-hydroxylation sites is 1. The van der Waals surface area contributed by atoms with Crippen LogP contribution in [-0.2, 0) is 14.3 Å². The van der Waals surface area contributed by atoms with E-state index in [0.29, 0.717) is 17.5 Å². The third-order valence-electron chi connectivity index (χ3n) is 4.98. The predicted molar refractivity (Wildman–Crippen MR) is 123 cm³/mol. The number of aromatic hydroxyl groups is 1. The summed E-state index contributed by atoms with van der Waals surface area (Å²) >= 11 is 3.90. The summed E-state index contributed by atoms with van der Waals surface area (Å²) in [7, 11) is 0. The Bertz CT molecular complexity index is 1040. The number of benzene rings is 3. The van der Waals surface area contributed by atoms with Crippen molar-refractivity contribution < 1.29 is 24.2 Å². The van der Waals surface area contributed by atoms with Crippen LogP contribution in [0.15, 0.2) is 66.7 Å². The Hall–Kier alpha value is -3.19. The number of rotatable bonds is 8. The molecule has 0 saturated carbocycles. The van der Waals surface area contributed by atoms with Crippen molar-refractivity contribution in [1.82, 2.24) is 0 Å². The van der Waals surface area contributed by atoms with Gasteiger partial charge in [-0.05, 0) is 30.0 Å². The number of ether oxygens (including phenoxy) is 2. The molecule has 0 aromatic heterocycles. The first-order valence-corrected chi connectivity index (χ1v) is 10.6. The van der Waals surface area contributed by atoms with Crippen LogP contribution in [0.5, 0.6) is 5.75 Å². The molecule has 0 aliphatic carbocycles. The lowest BCUT2D eigenvalue weighted by Crippen LogP contribution is -2.23. The quantitative estimate of drug-likeness (QED) is 0.326. The van der Waals surface area contributed by atoms with Crippen LogP contribution in [0.3, 0.4) is 0 Å². The van der Waals surface area contributed by atoms with Gasteiger partial charge >= 0.3 is 12.1 Å². The fraction of sp³-hybridized carbons (Fsp3) is 0.250. The molecule has 0 saturated heterocycles. The lowest BCUT2D eigenvalue weighted by Gasteiger charge is -2.26. The Balaban J connectivity index is 1.86. The molecule has 6 nitrogen and oxygen atoms in total. The fourth-order valence-corrected chi connectivity index (χ4v) is 3.47. The van der Waals surface area contributed by atoms with Crippen LogP contribution in [0.2, 0.25) is 0 Å². The van der Waals surface area contributed by atoms with Gasteiger partial charge < -0.3 is 14.6 Å². The van der Waals surface area contributed by atoms with Crippen LogP contribution in [0.1, 0.15) is 25.0 Å². The molecule has 3 aromatic rings. The second-order valence-electron chi connectivity index (χ2n) is 7.18. The van der Waals surface area contributed by atoms with Crippen molar-refractivity contribution in [3.8, 4) is 5.75 Å². The molecule has 0 heterocycles. The van der Waals surface area contributed by atoms with Crippen molar-refractivity contribution in [2.45, 2.75) is 19.4 Å². The van der Waals surface area contributed by atoms with E-state index in [-0.39, 0.29) is 24.0 Å². The van der Waals surface area contributed by atoms with Gasteiger partial charge in [-0.3, -0.25) is 10.1 Å². The second kappa shape index (κ2) is 10.7. The van der Waals surface area contributed by atoms with E-state index in [9.17, 15) is 14.7 Å². The van der Waals surface area contributed by atoms with Crippen molar-refractivity contribution in [3.63, 3.8) is 0 Å². The first-order valence-electron chi connectivity index (χ1n) is 9.99. The summed E-state index contributed by atoms with van der Waals surface area (Å²) in [5.41, 5.74) is 1.39. The van der Waals surface area contributed by atoms with E-state index >= 15 is 0 Å². The van der Waals surface area contributed by atoms with Gasteiger partial charge in [0.25, 0.3) is 0 Å². The molecule has 2 N–H and O–H groups in total. The number of anilines is 1. The smallest absolute Gasteiger partial charge is 0.412 e. The molecule has 1 amide bonds. The van der Waals surface area contributed by atoms with Crippen molar-refractivity contribution in [3.05, 3.63) is 72.3 Å². The number of carbonyl (C=O) groups is 2. The Kier molecular flexibility index (Phi) is 7.78. The largest absolute Gasteiger partial charge is 0.507 e. The van der Waals surface area contributed by atoms with Gasteiger partial charge in [0.1, 0.15) is 11.9 Å². The van der Waals surface area contributed by atoms with Crippen LogP contribution in [0.25, 0.3) is 10.8 Å². The van der Waals surface area contributed by atoms with E-state index in [1.165, 1.54) is 0 Å². The highest BCUT2D eigenvalue weighted by Crippen LogP contribution is 2.37. The molecular formula is C24H25NO5S. The van der Waals surface area contributed by atoms with Gasteiger partial charge in [0.2, 0.25) is 0 Å². The molecule has 0 unspecified atom stereocenters. The molecule has 3 rings (SSSR count). The highest BCUT2D eigenvalue weighted by atomic mass is 32.1. The van der Waals surface area contributed by atoms with Crippen molar-refractivity contribution in [2.75, 3.05) is 17.7 Å². The van der Waals surface area contributed by atoms with Crippen LogP contribution >= 0.6 is 12.6 Å². The van der Waals surface area contributed by atoms with Gasteiger partial charge in [-0.25, -0.2) is 4.79 Å². The number of fused-ring (bicyclic) bond motifs is 1. The number of nitrogens with one attached hydrogen (secondary N) is 1. The summed E-state index contributed by atoms with van der Waals surface area (Å²) in [4.78, 5) is 24.1. The van der Waals surface area contributed by atoms with Crippen LogP contribution in [0, 0.1) is 5.92 Å². The van der Waals surface area contributed by atoms with Crippen LogP contribution in [0.4, 0.5) is 10.5 Å². The molecule has 31 heavy (non-hydrogen) atoms. The van der Waals surface area contributed by atoms with E-state index < -0.39 is 18.2 Å². The number of esters is 1. The molecule has 0 spiro atoms. The summed E-state index contributed by atoms with van der Waals surface area (Å²) in [5, 5.41) is 14.4. The maximum atomic E-state index is 12.7. The monoisotopic (exact) mass is 439 g/mol. The maximum Gasteiger partial charge on any atom is 0.412 e. The highest BCUT2D eigenvalue weighted by Gasteiger charge is 2.26. The zero-order chi connectivity index (χ0) is 22.2. The van der Waals surface area contributed by atoms with Crippen LogP contribution in [-0.4, -0.2) is 29.5 Å². The molecule has 3 aromatic carbocycles. The Morgan fingerprint density at radius 3 is 2.39 bits per heavy atom. The molecule has 0 aliphatic heterocycles. The zero-order valence-electron chi connectivity index (χ0n) is 17.2. The van der Waals surface area contributed by atoms with Gasteiger partial charge in [-0.15, -0.1) is 0 Å². The van der Waals surface area contributed by atoms with Gasteiger partial charge in [0.05, 0.1) is 12.4 Å². The number of amides is 1. The molecule has 0 radical (unpaired) electrons. The fourth-order valence-electron chi connectivity index (χ4n) is 3.38. The highest BCUT2D eigenvalue weighted by molar-refractivity contribution is 7.81. The molecule has 0 aliphatic rings. The second-order valence-corrected chi connectivity index (χ2v) is 7.50. The van der Waals surface area contributed by atoms with E-state index in [4.69, 9.17) is 9.47 Å². The van der Waals surface area contributed by atoms with E-state index in [1.54, 1.807) is 24.3 Å². The number of hydrogen-bond donors (Lipinski definition) is 3. The average Bonchev–Trinajstić information content (AvgIpc) is 2.78. The predicted octanol–water partition coefficient (Wildman–Crippen LogP) is 5.33. The SMILES string of the molecule is C[C@H](CCOC(=O)CS)[C@H](OC(=O)Nc1ccccc1)c1ccc(O)c2ccccc12. The summed E-state index contributed by atoms with van der Waals surface area (Å²) in [6, 6.07) is 19.8. The standard InChI is InChI=1S/C24H25NO5S/c1-16(13-14-29-22(27)15-31)23(30-24(28)25-17-7-3-2-4-8-17)20-11-12-21(26)19-10-6-5-9-18(19)20/h2-12,16,23,26,31H,13-15H2,1H3,(H,25,28)/t16-,23+/m1/s1. The molecule has 162 valence electrons. The summed E-state index contributed by atoms with van der Waals surface area (Å²) in [6.07, 6.45) is -0.727. The third kappa shape index (κ3) is 5.92. The van der Waals surface area contributed by atoms with Crippen LogP contribution < -0.4 is 5.32 Å². The number of hydrogen-bond acceptors (Lipinski definition) is 6. The average molecular weight is 440 g/mol. The minimum Gasteiger partial charge on any atom is -0.507 e. The van der Waals surface area contributed by atoms with E-state index in [2.05, 4.69) is 17.9 Å². The number of phenols is 1.